The minimum atomic E-state index is -0.589. The first-order valence-electron chi connectivity index (χ1n) is 5.56. The van der Waals surface area contributed by atoms with Crippen LogP contribution in [0.2, 0.25) is 0 Å². The molecule has 2 aromatic rings. The summed E-state index contributed by atoms with van der Waals surface area (Å²) in [6.45, 7) is 1.88. The van der Waals surface area contributed by atoms with Crippen molar-refractivity contribution in [2.45, 2.75) is 12.5 Å². The molecule has 1 atom stereocenters. The summed E-state index contributed by atoms with van der Waals surface area (Å²) in [4.78, 5) is 8.39. The predicted octanol–water partition coefficient (Wildman–Crippen LogP) is 2.40. The Bertz CT molecular complexity index is 503. The zero-order chi connectivity index (χ0) is 13.0. The molecule has 0 spiro atoms. The van der Waals surface area contributed by atoms with Crippen LogP contribution in [-0.2, 0) is 5.54 Å². The van der Waals surface area contributed by atoms with E-state index in [0.29, 0.717) is 5.95 Å². The highest BCUT2D eigenvalue weighted by Crippen LogP contribution is 2.23. The van der Waals surface area contributed by atoms with Crippen LogP contribution in [0.25, 0.3) is 0 Å². The maximum atomic E-state index is 9.64. The highest BCUT2D eigenvalue weighted by molar-refractivity contribution is 14.1. The van der Waals surface area contributed by atoms with Gasteiger partial charge in [0.05, 0.1) is 12.1 Å². The molecule has 1 aromatic heterocycles. The predicted molar refractivity (Wildman–Crippen MR) is 79.3 cm³/mol. The Morgan fingerprint density at radius 1 is 1.22 bits per heavy atom. The van der Waals surface area contributed by atoms with Crippen LogP contribution in [0.15, 0.2) is 42.7 Å². The van der Waals surface area contributed by atoms with Crippen LogP contribution in [0.4, 0.5) is 5.95 Å². The molecule has 18 heavy (non-hydrogen) atoms. The number of nitrogens with zero attached hydrogens (tertiary/aromatic N) is 2. The SMILES string of the molecule is CC(CO)(Nc1ncc(I)cn1)c1ccccc1. The van der Waals surface area contributed by atoms with Gasteiger partial charge in [0.15, 0.2) is 0 Å². The van der Waals surface area contributed by atoms with Crippen molar-refractivity contribution in [2.24, 2.45) is 0 Å². The first kappa shape index (κ1) is 13.2. The van der Waals surface area contributed by atoms with E-state index in [-0.39, 0.29) is 6.61 Å². The van der Waals surface area contributed by atoms with Gasteiger partial charge < -0.3 is 10.4 Å². The van der Waals surface area contributed by atoms with Gasteiger partial charge in [-0.05, 0) is 35.1 Å². The minimum Gasteiger partial charge on any atom is -0.394 e. The van der Waals surface area contributed by atoms with E-state index in [0.717, 1.165) is 9.13 Å². The summed E-state index contributed by atoms with van der Waals surface area (Å²) < 4.78 is 0.976. The Kier molecular flexibility index (Phi) is 4.13. The van der Waals surface area contributed by atoms with Crippen LogP contribution < -0.4 is 5.32 Å². The van der Waals surface area contributed by atoms with Crippen molar-refractivity contribution >= 4 is 28.5 Å². The molecule has 0 fully saturated rings. The van der Waals surface area contributed by atoms with Crippen LogP contribution in [-0.4, -0.2) is 21.7 Å². The van der Waals surface area contributed by atoms with Crippen LogP contribution in [0.1, 0.15) is 12.5 Å². The lowest BCUT2D eigenvalue weighted by Gasteiger charge is -2.29. The molecule has 0 bridgehead atoms. The van der Waals surface area contributed by atoms with Gasteiger partial charge in [0.1, 0.15) is 0 Å². The van der Waals surface area contributed by atoms with Crippen molar-refractivity contribution in [3.63, 3.8) is 0 Å². The molecule has 0 aliphatic heterocycles. The summed E-state index contributed by atoms with van der Waals surface area (Å²) in [7, 11) is 0. The number of hydrogen-bond donors (Lipinski definition) is 2. The van der Waals surface area contributed by atoms with E-state index >= 15 is 0 Å². The smallest absolute Gasteiger partial charge is 0.223 e. The number of aliphatic hydroxyl groups excluding tert-OH is 1. The molecule has 0 amide bonds. The fourth-order valence-electron chi connectivity index (χ4n) is 1.63. The summed E-state index contributed by atoms with van der Waals surface area (Å²) in [5, 5.41) is 12.8. The zero-order valence-electron chi connectivity index (χ0n) is 9.97. The Hall–Kier alpha value is -1.21. The monoisotopic (exact) mass is 355 g/mol. The molecule has 0 aliphatic rings. The first-order chi connectivity index (χ1) is 8.64. The number of benzene rings is 1. The van der Waals surface area contributed by atoms with Crippen molar-refractivity contribution in [2.75, 3.05) is 11.9 Å². The molecule has 1 heterocycles. The van der Waals surface area contributed by atoms with E-state index in [1.165, 1.54) is 0 Å². The van der Waals surface area contributed by atoms with Gasteiger partial charge in [-0.1, -0.05) is 30.3 Å². The number of rotatable bonds is 4. The van der Waals surface area contributed by atoms with Crippen LogP contribution in [0, 0.1) is 3.57 Å². The second kappa shape index (κ2) is 5.62. The van der Waals surface area contributed by atoms with E-state index in [2.05, 4.69) is 37.9 Å². The second-order valence-corrected chi connectivity index (χ2v) is 5.45. The average Bonchev–Trinajstić information content (AvgIpc) is 2.42. The molecule has 0 saturated carbocycles. The molecule has 1 aromatic carbocycles. The molecule has 4 nitrogen and oxygen atoms in total. The van der Waals surface area contributed by atoms with E-state index in [1.807, 2.05) is 37.3 Å². The Morgan fingerprint density at radius 3 is 2.39 bits per heavy atom. The van der Waals surface area contributed by atoms with Gasteiger partial charge in [0, 0.05) is 16.0 Å². The first-order valence-corrected chi connectivity index (χ1v) is 6.64. The maximum absolute atomic E-state index is 9.64. The molecule has 94 valence electrons. The summed E-state index contributed by atoms with van der Waals surface area (Å²) in [6, 6.07) is 9.77. The van der Waals surface area contributed by atoms with Crippen molar-refractivity contribution in [1.82, 2.24) is 9.97 Å². The normalized spacial score (nSPS) is 13.9. The van der Waals surface area contributed by atoms with Crippen molar-refractivity contribution in [3.8, 4) is 0 Å². The van der Waals surface area contributed by atoms with Gasteiger partial charge in [-0.15, -0.1) is 0 Å². The standard InChI is InChI=1S/C13H14IN3O/c1-13(9-18,10-5-3-2-4-6-10)17-12-15-7-11(14)8-16-12/h2-8,18H,9H2,1H3,(H,15,16,17). The van der Waals surface area contributed by atoms with Crippen molar-refractivity contribution in [3.05, 3.63) is 51.9 Å². The third kappa shape index (κ3) is 2.97. The lowest BCUT2D eigenvalue weighted by molar-refractivity contribution is 0.223. The number of aliphatic hydroxyl groups is 1. The summed E-state index contributed by atoms with van der Waals surface area (Å²) >= 11 is 2.15. The van der Waals surface area contributed by atoms with Crippen LogP contribution in [0.3, 0.4) is 0 Å². The molecule has 0 radical (unpaired) electrons. The number of hydrogen-bond acceptors (Lipinski definition) is 4. The van der Waals surface area contributed by atoms with Gasteiger partial charge in [0.25, 0.3) is 0 Å². The number of aromatic nitrogens is 2. The second-order valence-electron chi connectivity index (χ2n) is 4.21. The van der Waals surface area contributed by atoms with Gasteiger partial charge in [0.2, 0.25) is 5.95 Å². The van der Waals surface area contributed by atoms with E-state index in [1.54, 1.807) is 12.4 Å². The van der Waals surface area contributed by atoms with Crippen LogP contribution in [0.5, 0.6) is 0 Å². The molecule has 5 heteroatoms. The topological polar surface area (TPSA) is 58.0 Å². The van der Waals surface area contributed by atoms with E-state index in [4.69, 9.17) is 0 Å². The number of nitrogens with one attached hydrogen (secondary N) is 1. The van der Waals surface area contributed by atoms with E-state index < -0.39 is 5.54 Å². The lowest BCUT2D eigenvalue weighted by Crippen LogP contribution is -2.36. The minimum absolute atomic E-state index is 0.0354. The van der Waals surface area contributed by atoms with Crippen molar-refractivity contribution in [1.29, 1.82) is 0 Å². The molecule has 2 N–H and O–H groups in total. The fraction of sp³-hybridized carbons (Fsp3) is 0.231. The van der Waals surface area contributed by atoms with Gasteiger partial charge in [-0.3, -0.25) is 0 Å². The Morgan fingerprint density at radius 2 is 1.83 bits per heavy atom. The Balaban J connectivity index is 2.26. The number of halogens is 1. The fourth-order valence-corrected chi connectivity index (χ4v) is 1.91. The molecule has 2 rings (SSSR count). The third-order valence-corrected chi connectivity index (χ3v) is 3.29. The highest BCUT2D eigenvalue weighted by Gasteiger charge is 2.26. The number of anilines is 1. The van der Waals surface area contributed by atoms with Gasteiger partial charge in [-0.2, -0.15) is 0 Å². The quantitative estimate of drug-likeness (QED) is 0.827. The molecular weight excluding hydrogens is 341 g/mol. The summed E-state index contributed by atoms with van der Waals surface area (Å²) in [5.41, 5.74) is 0.406. The molecule has 0 aliphatic carbocycles. The average molecular weight is 355 g/mol. The highest BCUT2D eigenvalue weighted by atomic mass is 127. The largest absolute Gasteiger partial charge is 0.394 e. The summed E-state index contributed by atoms with van der Waals surface area (Å²) in [5.74, 6) is 0.510. The van der Waals surface area contributed by atoms with Gasteiger partial charge in [-0.25, -0.2) is 9.97 Å². The zero-order valence-corrected chi connectivity index (χ0v) is 12.1. The van der Waals surface area contributed by atoms with Crippen LogP contribution >= 0.6 is 22.6 Å². The Labute approximate surface area is 120 Å². The van der Waals surface area contributed by atoms with E-state index in [9.17, 15) is 5.11 Å². The molecular formula is C13H14IN3O. The maximum Gasteiger partial charge on any atom is 0.223 e. The molecule has 1 unspecified atom stereocenters. The molecule has 0 saturated heterocycles. The lowest BCUT2D eigenvalue weighted by atomic mass is 9.93. The third-order valence-electron chi connectivity index (χ3n) is 2.74. The van der Waals surface area contributed by atoms with Crippen molar-refractivity contribution < 1.29 is 5.11 Å². The summed E-state index contributed by atoms with van der Waals surface area (Å²) in [6.07, 6.45) is 3.47. The van der Waals surface area contributed by atoms with Gasteiger partial charge >= 0.3 is 0 Å².